The van der Waals surface area contributed by atoms with Gasteiger partial charge in [-0.05, 0) is 51.7 Å². The molecule has 0 radical (unpaired) electrons. The quantitative estimate of drug-likeness (QED) is 0.868. The monoisotopic (exact) mass is 292 g/mol. The molecule has 1 fully saturated rings. The van der Waals surface area contributed by atoms with E-state index in [4.69, 9.17) is 0 Å². The largest absolute Gasteiger partial charge is 0.317 e. The maximum absolute atomic E-state index is 3.51. The second kappa shape index (κ2) is 7.48. The van der Waals surface area contributed by atoms with Crippen LogP contribution < -0.4 is 5.32 Å². The molecule has 1 aromatic carbocycles. The summed E-state index contributed by atoms with van der Waals surface area (Å²) in [5.41, 5.74) is 1.85. The van der Waals surface area contributed by atoms with E-state index < -0.39 is 0 Å². The van der Waals surface area contributed by atoms with Crippen LogP contribution in [-0.4, -0.2) is 49.6 Å². The molecular formula is C17H28N2S. The second-order valence-corrected chi connectivity index (χ2v) is 7.03. The number of nitrogens with zero attached hydrogens (tertiary/aromatic N) is 1. The Morgan fingerprint density at radius 1 is 1.25 bits per heavy atom. The van der Waals surface area contributed by atoms with Crippen molar-refractivity contribution in [2.45, 2.75) is 31.2 Å². The molecule has 0 saturated carbocycles. The van der Waals surface area contributed by atoms with Crippen LogP contribution in [0.1, 0.15) is 25.3 Å². The molecule has 0 aliphatic carbocycles. The minimum Gasteiger partial charge on any atom is -0.317 e. The van der Waals surface area contributed by atoms with Crippen molar-refractivity contribution < 1.29 is 0 Å². The highest BCUT2D eigenvalue weighted by Gasteiger charge is 2.35. The molecular weight excluding hydrogens is 264 g/mol. The molecule has 3 heteroatoms. The van der Waals surface area contributed by atoms with Crippen LogP contribution >= 0.6 is 11.8 Å². The fourth-order valence-electron chi connectivity index (χ4n) is 3.24. The molecule has 2 rings (SSSR count). The van der Waals surface area contributed by atoms with Crippen LogP contribution in [0, 0.1) is 0 Å². The summed E-state index contributed by atoms with van der Waals surface area (Å²) in [6.07, 6.45) is 4.68. The zero-order valence-electron chi connectivity index (χ0n) is 13.1. The lowest BCUT2D eigenvalue weighted by Gasteiger charge is -2.42. The third kappa shape index (κ3) is 3.78. The molecule has 1 atom stereocenters. The van der Waals surface area contributed by atoms with E-state index in [9.17, 15) is 0 Å². The molecule has 1 unspecified atom stereocenters. The molecule has 1 aliphatic heterocycles. The van der Waals surface area contributed by atoms with Gasteiger partial charge in [0, 0.05) is 23.8 Å². The summed E-state index contributed by atoms with van der Waals surface area (Å²) in [6.45, 7) is 5.79. The van der Waals surface area contributed by atoms with E-state index >= 15 is 0 Å². The van der Waals surface area contributed by atoms with Gasteiger partial charge in [0.2, 0.25) is 0 Å². The average molecular weight is 292 g/mol. The third-order valence-electron chi connectivity index (χ3n) is 4.66. The van der Waals surface area contributed by atoms with Crippen molar-refractivity contribution in [2.75, 3.05) is 38.7 Å². The van der Waals surface area contributed by atoms with E-state index in [0.717, 1.165) is 13.1 Å². The minimum atomic E-state index is 0.327. The van der Waals surface area contributed by atoms with Crippen LogP contribution in [0.2, 0.25) is 0 Å². The SMILES string of the molecule is CSCC(C)N(C)CC1(c2ccccc2)CCNCC1. The van der Waals surface area contributed by atoms with Crippen LogP contribution in [0.3, 0.4) is 0 Å². The van der Waals surface area contributed by atoms with Gasteiger partial charge in [0.1, 0.15) is 0 Å². The van der Waals surface area contributed by atoms with E-state index in [0.29, 0.717) is 11.5 Å². The van der Waals surface area contributed by atoms with Crippen molar-refractivity contribution >= 4 is 11.8 Å². The summed E-state index contributed by atoms with van der Waals surface area (Å²) in [5.74, 6) is 1.21. The van der Waals surface area contributed by atoms with Gasteiger partial charge in [-0.25, -0.2) is 0 Å². The van der Waals surface area contributed by atoms with Crippen LogP contribution in [0.4, 0.5) is 0 Å². The van der Waals surface area contributed by atoms with E-state index in [-0.39, 0.29) is 0 Å². The van der Waals surface area contributed by atoms with E-state index in [1.165, 1.54) is 30.7 Å². The number of hydrogen-bond donors (Lipinski definition) is 1. The Kier molecular flexibility index (Phi) is 5.94. The highest BCUT2D eigenvalue weighted by atomic mass is 32.2. The van der Waals surface area contributed by atoms with Crippen molar-refractivity contribution in [2.24, 2.45) is 0 Å². The van der Waals surface area contributed by atoms with E-state index in [1.807, 2.05) is 11.8 Å². The van der Waals surface area contributed by atoms with E-state index in [1.54, 1.807) is 0 Å². The lowest BCUT2D eigenvalue weighted by atomic mass is 9.72. The van der Waals surface area contributed by atoms with Gasteiger partial charge in [0.05, 0.1) is 0 Å². The maximum atomic E-state index is 3.51. The summed E-state index contributed by atoms with van der Waals surface area (Å²) < 4.78 is 0. The summed E-state index contributed by atoms with van der Waals surface area (Å²) >= 11 is 1.94. The van der Waals surface area contributed by atoms with Crippen molar-refractivity contribution in [1.82, 2.24) is 10.2 Å². The van der Waals surface area contributed by atoms with E-state index in [2.05, 4.69) is 60.8 Å². The van der Waals surface area contributed by atoms with Gasteiger partial charge < -0.3 is 10.2 Å². The van der Waals surface area contributed by atoms with Crippen LogP contribution in [0.15, 0.2) is 30.3 Å². The first-order chi connectivity index (χ1) is 9.68. The molecule has 0 spiro atoms. The number of thioether (sulfide) groups is 1. The van der Waals surface area contributed by atoms with Gasteiger partial charge in [-0.3, -0.25) is 0 Å². The summed E-state index contributed by atoms with van der Waals surface area (Å²) in [4.78, 5) is 2.55. The van der Waals surface area contributed by atoms with Gasteiger partial charge in [-0.1, -0.05) is 30.3 Å². The van der Waals surface area contributed by atoms with Crippen LogP contribution in [-0.2, 0) is 5.41 Å². The zero-order chi connectivity index (χ0) is 14.4. The Morgan fingerprint density at radius 3 is 2.50 bits per heavy atom. The molecule has 0 amide bonds. The normalized spacial score (nSPS) is 20.0. The Morgan fingerprint density at radius 2 is 1.90 bits per heavy atom. The van der Waals surface area contributed by atoms with Crippen molar-refractivity contribution in [1.29, 1.82) is 0 Å². The topological polar surface area (TPSA) is 15.3 Å². The highest BCUT2D eigenvalue weighted by molar-refractivity contribution is 7.98. The maximum Gasteiger partial charge on any atom is 0.0155 e. The summed E-state index contributed by atoms with van der Waals surface area (Å²) in [5, 5.41) is 3.51. The molecule has 2 nitrogen and oxygen atoms in total. The van der Waals surface area contributed by atoms with Gasteiger partial charge in [-0.15, -0.1) is 0 Å². The lowest BCUT2D eigenvalue weighted by Crippen LogP contribution is -2.49. The van der Waals surface area contributed by atoms with Crippen LogP contribution in [0.25, 0.3) is 0 Å². The molecule has 1 aromatic rings. The number of nitrogens with one attached hydrogen (secondary N) is 1. The number of hydrogen-bond acceptors (Lipinski definition) is 3. The van der Waals surface area contributed by atoms with Gasteiger partial charge in [0.25, 0.3) is 0 Å². The molecule has 1 N–H and O–H groups in total. The molecule has 112 valence electrons. The van der Waals surface area contributed by atoms with Crippen molar-refractivity contribution in [3.8, 4) is 0 Å². The zero-order valence-corrected chi connectivity index (χ0v) is 13.9. The number of rotatable bonds is 6. The highest BCUT2D eigenvalue weighted by Crippen LogP contribution is 2.34. The van der Waals surface area contributed by atoms with Crippen molar-refractivity contribution in [3.05, 3.63) is 35.9 Å². The molecule has 0 aromatic heterocycles. The molecule has 20 heavy (non-hydrogen) atoms. The molecule has 1 saturated heterocycles. The molecule has 1 heterocycles. The van der Waals surface area contributed by atoms with Gasteiger partial charge in [0.15, 0.2) is 0 Å². The number of benzene rings is 1. The minimum absolute atomic E-state index is 0.327. The first kappa shape index (κ1) is 15.9. The average Bonchev–Trinajstić information content (AvgIpc) is 2.49. The summed E-state index contributed by atoms with van der Waals surface area (Å²) in [7, 11) is 2.29. The fourth-order valence-corrected chi connectivity index (χ4v) is 3.97. The summed E-state index contributed by atoms with van der Waals surface area (Å²) in [6, 6.07) is 11.8. The Hall–Kier alpha value is -0.510. The first-order valence-electron chi connectivity index (χ1n) is 7.63. The third-order valence-corrected chi connectivity index (χ3v) is 5.47. The Labute approximate surface area is 128 Å². The van der Waals surface area contributed by atoms with Gasteiger partial charge in [-0.2, -0.15) is 11.8 Å². The molecule has 0 bridgehead atoms. The first-order valence-corrected chi connectivity index (χ1v) is 9.03. The van der Waals surface area contributed by atoms with Crippen molar-refractivity contribution in [3.63, 3.8) is 0 Å². The fraction of sp³-hybridized carbons (Fsp3) is 0.647. The number of likely N-dealkylation sites (N-methyl/N-ethyl adjacent to an activating group) is 1. The molecule has 1 aliphatic rings. The lowest BCUT2D eigenvalue weighted by molar-refractivity contribution is 0.175. The predicted molar refractivity (Wildman–Crippen MR) is 90.7 cm³/mol. The standard InChI is InChI=1S/C17H28N2S/c1-15(13-20-3)19(2)14-17(9-11-18-12-10-17)16-7-5-4-6-8-16/h4-8,15,18H,9-14H2,1-3H3. The van der Waals surface area contributed by atoms with Gasteiger partial charge >= 0.3 is 0 Å². The Balaban J connectivity index is 2.15. The Bertz CT molecular complexity index is 387. The smallest absolute Gasteiger partial charge is 0.0155 e. The predicted octanol–water partition coefficient (Wildman–Crippen LogP) is 2.99. The number of piperidine rings is 1. The second-order valence-electron chi connectivity index (χ2n) is 6.12. The van der Waals surface area contributed by atoms with Crippen LogP contribution in [0.5, 0.6) is 0 Å².